The van der Waals surface area contributed by atoms with E-state index in [1.165, 1.54) is 30.1 Å². The third kappa shape index (κ3) is 7.10. The lowest BCUT2D eigenvalue weighted by molar-refractivity contribution is -0.275. The van der Waals surface area contributed by atoms with Crippen molar-refractivity contribution in [2.24, 2.45) is 0 Å². The molecule has 2 amide bonds. The molecule has 0 fully saturated rings. The maximum absolute atomic E-state index is 13.3. The van der Waals surface area contributed by atoms with Crippen molar-refractivity contribution in [1.82, 2.24) is 10.2 Å². The maximum Gasteiger partial charge on any atom is 0.573 e. The van der Waals surface area contributed by atoms with Crippen LogP contribution in [0.5, 0.6) is 5.75 Å². The molecule has 0 aromatic heterocycles. The summed E-state index contributed by atoms with van der Waals surface area (Å²) in [5, 5.41) is 2.76. The van der Waals surface area contributed by atoms with Gasteiger partial charge in [-0.2, -0.15) is 0 Å². The van der Waals surface area contributed by atoms with Gasteiger partial charge >= 0.3 is 6.36 Å². The molecule has 0 heterocycles. The highest BCUT2D eigenvalue weighted by Crippen LogP contribution is 2.27. The number of para-hydroxylation sites is 1. The average Bonchev–Trinajstić information content (AvgIpc) is 2.79. The Morgan fingerprint density at radius 2 is 1.48 bits per heavy atom. The smallest absolute Gasteiger partial charge is 0.405 e. The molecule has 5 nitrogen and oxygen atoms in total. The molecule has 1 atom stereocenters. The van der Waals surface area contributed by atoms with Gasteiger partial charge in [-0.25, -0.2) is 0 Å². The summed E-state index contributed by atoms with van der Waals surface area (Å²) in [6, 6.07) is 22.4. The fourth-order valence-electron chi connectivity index (χ4n) is 3.34. The zero-order chi connectivity index (χ0) is 23.8. The lowest BCUT2D eigenvalue weighted by Crippen LogP contribution is -2.48. The van der Waals surface area contributed by atoms with Crippen LogP contribution in [0.25, 0.3) is 0 Å². The number of nitrogens with zero attached hydrogens (tertiary/aromatic N) is 1. The van der Waals surface area contributed by atoms with Crippen molar-refractivity contribution >= 4 is 11.8 Å². The minimum absolute atomic E-state index is 0.127. The van der Waals surface area contributed by atoms with E-state index >= 15 is 0 Å². The van der Waals surface area contributed by atoms with Gasteiger partial charge in [0, 0.05) is 31.1 Å². The number of nitrogens with one attached hydrogen (secondary N) is 1. The largest absolute Gasteiger partial charge is 0.573 e. The molecule has 0 saturated carbocycles. The molecule has 33 heavy (non-hydrogen) atoms. The van der Waals surface area contributed by atoms with Gasteiger partial charge < -0.3 is 15.0 Å². The third-order valence-electron chi connectivity index (χ3n) is 4.90. The molecule has 172 valence electrons. The van der Waals surface area contributed by atoms with Crippen molar-refractivity contribution in [3.05, 3.63) is 102 Å². The molecule has 1 unspecified atom stereocenters. The molecule has 0 radical (unpaired) electrons. The Bertz CT molecular complexity index is 1070. The van der Waals surface area contributed by atoms with E-state index in [0.29, 0.717) is 5.56 Å². The first kappa shape index (κ1) is 23.8. The summed E-state index contributed by atoms with van der Waals surface area (Å²) in [5.41, 5.74) is 1.42. The zero-order valence-corrected chi connectivity index (χ0v) is 17.9. The minimum atomic E-state index is -4.85. The van der Waals surface area contributed by atoms with Gasteiger partial charge in [-0.05, 0) is 23.8 Å². The number of hydrogen-bond acceptors (Lipinski definition) is 3. The Hall–Kier alpha value is -3.81. The van der Waals surface area contributed by atoms with Crippen molar-refractivity contribution in [1.29, 1.82) is 0 Å². The molecule has 0 saturated heterocycles. The van der Waals surface area contributed by atoms with Gasteiger partial charge in [-0.3, -0.25) is 9.59 Å². The monoisotopic (exact) mass is 456 g/mol. The van der Waals surface area contributed by atoms with Crippen molar-refractivity contribution in [2.45, 2.75) is 25.4 Å². The van der Waals surface area contributed by atoms with Crippen molar-refractivity contribution in [3.63, 3.8) is 0 Å². The lowest BCUT2D eigenvalue weighted by atomic mass is 10.0. The molecule has 0 aliphatic rings. The van der Waals surface area contributed by atoms with Gasteiger partial charge in [-0.1, -0.05) is 66.7 Å². The van der Waals surface area contributed by atoms with Crippen LogP contribution in [0.3, 0.4) is 0 Å². The summed E-state index contributed by atoms with van der Waals surface area (Å²) in [5.74, 6) is -1.23. The number of ether oxygens (including phenoxy) is 1. The zero-order valence-electron chi connectivity index (χ0n) is 17.9. The van der Waals surface area contributed by atoms with Crippen LogP contribution in [0, 0.1) is 0 Å². The third-order valence-corrected chi connectivity index (χ3v) is 4.90. The van der Waals surface area contributed by atoms with E-state index < -0.39 is 24.2 Å². The summed E-state index contributed by atoms with van der Waals surface area (Å²) >= 11 is 0. The second kappa shape index (κ2) is 10.7. The predicted molar refractivity (Wildman–Crippen MR) is 117 cm³/mol. The van der Waals surface area contributed by atoms with Crippen LogP contribution in [-0.2, 0) is 17.8 Å². The fraction of sp³-hybridized carbons (Fsp3) is 0.200. The van der Waals surface area contributed by atoms with Crippen LogP contribution < -0.4 is 10.1 Å². The first-order chi connectivity index (χ1) is 15.7. The number of alkyl halides is 3. The second-order valence-electron chi connectivity index (χ2n) is 7.43. The molecule has 3 aromatic carbocycles. The number of halogens is 3. The standard InChI is InChI=1S/C25H23F3N2O3/c1-30(17-20-14-8-9-15-22(20)33-25(26,27)28)24(32)21(16-18-10-4-2-5-11-18)29-23(31)19-12-6-3-7-13-19/h2-15,21H,16-17H2,1H3,(H,29,31). The molecule has 3 rings (SSSR count). The number of amides is 2. The summed E-state index contributed by atoms with van der Waals surface area (Å²) in [6.07, 6.45) is -4.62. The van der Waals surface area contributed by atoms with Gasteiger partial charge in [-0.15, -0.1) is 13.2 Å². The summed E-state index contributed by atoms with van der Waals surface area (Å²) in [6.45, 7) is -0.127. The fourth-order valence-corrected chi connectivity index (χ4v) is 3.34. The van der Waals surface area contributed by atoms with Gasteiger partial charge in [0.2, 0.25) is 5.91 Å². The second-order valence-corrected chi connectivity index (χ2v) is 7.43. The van der Waals surface area contributed by atoms with Gasteiger partial charge in [0.15, 0.2) is 0 Å². The van der Waals surface area contributed by atoms with Crippen LogP contribution in [0.15, 0.2) is 84.9 Å². The molecule has 0 bridgehead atoms. The van der Waals surface area contributed by atoms with E-state index in [0.717, 1.165) is 5.56 Å². The Balaban J connectivity index is 1.80. The number of carbonyl (C=O) groups excluding carboxylic acids is 2. The molecule has 0 aliphatic heterocycles. The van der Waals surface area contributed by atoms with Crippen LogP contribution in [0.2, 0.25) is 0 Å². The Kier molecular flexibility index (Phi) is 7.71. The van der Waals surface area contributed by atoms with Crippen LogP contribution in [0.4, 0.5) is 13.2 Å². The highest BCUT2D eigenvalue weighted by atomic mass is 19.4. The first-order valence-corrected chi connectivity index (χ1v) is 10.2. The summed E-state index contributed by atoms with van der Waals surface area (Å²) in [7, 11) is 1.47. The van der Waals surface area contributed by atoms with E-state index in [9.17, 15) is 22.8 Å². The summed E-state index contributed by atoms with van der Waals surface area (Å²) in [4.78, 5) is 27.3. The lowest BCUT2D eigenvalue weighted by Gasteiger charge is -2.26. The normalized spacial score (nSPS) is 12.0. The van der Waals surface area contributed by atoms with Crippen molar-refractivity contribution in [2.75, 3.05) is 7.05 Å². The van der Waals surface area contributed by atoms with Crippen molar-refractivity contribution in [3.8, 4) is 5.75 Å². The van der Waals surface area contributed by atoms with Gasteiger partial charge in [0.1, 0.15) is 11.8 Å². The molecular weight excluding hydrogens is 433 g/mol. The molecule has 0 spiro atoms. The van der Waals surface area contributed by atoms with Crippen molar-refractivity contribution < 1.29 is 27.5 Å². The number of likely N-dealkylation sites (N-methyl/N-ethyl adjacent to an activating group) is 1. The van der Waals surface area contributed by atoms with E-state index in [1.54, 1.807) is 36.4 Å². The maximum atomic E-state index is 13.3. The SMILES string of the molecule is CN(Cc1ccccc1OC(F)(F)F)C(=O)C(Cc1ccccc1)NC(=O)c1ccccc1. The number of benzene rings is 3. The van der Waals surface area contributed by atoms with E-state index in [4.69, 9.17) is 0 Å². The molecule has 8 heteroatoms. The quantitative estimate of drug-likeness (QED) is 0.540. The summed E-state index contributed by atoms with van der Waals surface area (Å²) < 4.78 is 42.3. The number of rotatable bonds is 8. The molecule has 1 N–H and O–H groups in total. The van der Waals surface area contributed by atoms with Crippen LogP contribution in [0.1, 0.15) is 21.5 Å². The van der Waals surface area contributed by atoms with E-state index in [1.807, 2.05) is 30.3 Å². The highest BCUT2D eigenvalue weighted by molar-refractivity contribution is 5.97. The van der Waals surface area contributed by atoms with Crippen LogP contribution >= 0.6 is 0 Å². The minimum Gasteiger partial charge on any atom is -0.405 e. The Morgan fingerprint density at radius 1 is 0.909 bits per heavy atom. The van der Waals surface area contributed by atoms with E-state index in [2.05, 4.69) is 10.1 Å². The predicted octanol–water partition coefficient (Wildman–Crippen LogP) is 4.58. The molecular formula is C25H23F3N2O3. The van der Waals surface area contributed by atoms with E-state index in [-0.39, 0.29) is 24.3 Å². The first-order valence-electron chi connectivity index (χ1n) is 10.2. The Morgan fingerprint density at radius 3 is 2.12 bits per heavy atom. The highest BCUT2D eigenvalue weighted by Gasteiger charge is 2.32. The number of hydrogen-bond donors (Lipinski definition) is 1. The van der Waals surface area contributed by atoms with Gasteiger partial charge in [0.25, 0.3) is 5.91 Å². The average molecular weight is 456 g/mol. The Labute approximate surface area is 189 Å². The number of carbonyl (C=O) groups is 2. The van der Waals surface area contributed by atoms with Crippen LogP contribution in [-0.4, -0.2) is 36.2 Å². The topological polar surface area (TPSA) is 58.6 Å². The molecule has 3 aromatic rings. The van der Waals surface area contributed by atoms with Gasteiger partial charge in [0.05, 0.1) is 0 Å². The molecule has 0 aliphatic carbocycles.